The molecular weight excluding hydrogens is 333 g/mol. The Kier molecular flexibility index (Phi) is 5.35. The van der Waals surface area contributed by atoms with Crippen LogP contribution in [-0.2, 0) is 11.2 Å². The van der Waals surface area contributed by atoms with Gasteiger partial charge in [-0.15, -0.1) is 0 Å². The second-order valence-corrected chi connectivity index (χ2v) is 6.96. The molecule has 0 aromatic heterocycles. The maximum atomic E-state index is 13.6. The van der Waals surface area contributed by atoms with Crippen LogP contribution in [0.1, 0.15) is 47.3 Å². The summed E-state index contributed by atoms with van der Waals surface area (Å²) in [6, 6.07) is 13.0. The molecular formula is C21H22FNO3. The van der Waals surface area contributed by atoms with Crippen LogP contribution in [0.2, 0.25) is 0 Å². The predicted molar refractivity (Wildman–Crippen MR) is 96.4 cm³/mol. The summed E-state index contributed by atoms with van der Waals surface area (Å²) in [5.41, 5.74) is 2.01. The van der Waals surface area contributed by atoms with E-state index < -0.39 is 5.97 Å². The van der Waals surface area contributed by atoms with E-state index in [9.17, 15) is 14.0 Å². The molecule has 5 heteroatoms. The third kappa shape index (κ3) is 4.10. The van der Waals surface area contributed by atoms with Crippen LogP contribution in [0.5, 0.6) is 0 Å². The highest BCUT2D eigenvalue weighted by Crippen LogP contribution is 2.36. The van der Waals surface area contributed by atoms with E-state index in [-0.39, 0.29) is 23.3 Å². The minimum Gasteiger partial charge on any atom is -0.478 e. The Bertz CT molecular complexity index is 803. The monoisotopic (exact) mass is 355 g/mol. The Morgan fingerprint density at radius 3 is 2.58 bits per heavy atom. The molecule has 4 nitrogen and oxygen atoms in total. The summed E-state index contributed by atoms with van der Waals surface area (Å²) in [7, 11) is 0. The van der Waals surface area contributed by atoms with E-state index in [1.54, 1.807) is 30.3 Å². The number of hydrogen-bond acceptors (Lipinski definition) is 2. The number of amides is 1. The fraction of sp³-hybridized carbons (Fsp3) is 0.333. The summed E-state index contributed by atoms with van der Waals surface area (Å²) >= 11 is 0. The Balaban J connectivity index is 1.66. The van der Waals surface area contributed by atoms with Crippen molar-refractivity contribution in [3.05, 3.63) is 71.0 Å². The summed E-state index contributed by atoms with van der Waals surface area (Å²) in [4.78, 5) is 25.5. The molecule has 0 bridgehead atoms. The number of rotatable bonds is 5. The van der Waals surface area contributed by atoms with Crippen LogP contribution >= 0.6 is 0 Å². The van der Waals surface area contributed by atoms with Gasteiger partial charge in [-0.3, -0.25) is 4.79 Å². The largest absolute Gasteiger partial charge is 0.478 e. The number of carbonyl (C=O) groups is 2. The van der Waals surface area contributed by atoms with E-state index in [4.69, 9.17) is 5.11 Å². The summed E-state index contributed by atoms with van der Waals surface area (Å²) in [5.74, 6) is -0.822. The molecule has 1 amide bonds. The molecule has 3 rings (SSSR count). The summed E-state index contributed by atoms with van der Waals surface area (Å²) in [6.07, 6.45) is 1.74. The molecule has 2 aromatic rings. The molecule has 1 fully saturated rings. The highest BCUT2D eigenvalue weighted by atomic mass is 19.1. The van der Waals surface area contributed by atoms with Crippen LogP contribution in [0.25, 0.3) is 0 Å². The van der Waals surface area contributed by atoms with Gasteiger partial charge in [-0.25, -0.2) is 9.18 Å². The fourth-order valence-electron chi connectivity index (χ4n) is 3.56. The van der Waals surface area contributed by atoms with Crippen LogP contribution < -0.4 is 0 Å². The van der Waals surface area contributed by atoms with Gasteiger partial charge in [0.15, 0.2) is 0 Å². The zero-order valence-electron chi connectivity index (χ0n) is 14.7. The second-order valence-electron chi connectivity index (χ2n) is 6.96. The van der Waals surface area contributed by atoms with Gasteiger partial charge in [0.2, 0.25) is 5.91 Å². The number of aromatic carboxylic acids is 1. The number of aryl methyl sites for hydroxylation is 1. The van der Waals surface area contributed by atoms with E-state index in [0.29, 0.717) is 25.3 Å². The van der Waals surface area contributed by atoms with Crippen molar-refractivity contribution in [2.45, 2.75) is 32.2 Å². The van der Waals surface area contributed by atoms with E-state index >= 15 is 0 Å². The number of carboxylic acid groups (broad SMARTS) is 1. The van der Waals surface area contributed by atoms with Crippen molar-refractivity contribution in [3.63, 3.8) is 0 Å². The normalized spacial score (nSPS) is 19.5. The molecule has 2 aromatic carbocycles. The molecule has 1 N–H and O–H groups in total. The molecule has 1 aliphatic rings. The second kappa shape index (κ2) is 7.68. The maximum absolute atomic E-state index is 13.6. The molecule has 1 saturated heterocycles. The summed E-state index contributed by atoms with van der Waals surface area (Å²) in [5, 5.41) is 8.93. The van der Waals surface area contributed by atoms with Gasteiger partial charge in [0.05, 0.1) is 11.6 Å². The first-order valence-corrected chi connectivity index (χ1v) is 8.81. The fourth-order valence-corrected chi connectivity index (χ4v) is 3.56. The zero-order chi connectivity index (χ0) is 18.7. The molecule has 1 heterocycles. The predicted octanol–water partition coefficient (Wildman–Crippen LogP) is 4.07. The van der Waals surface area contributed by atoms with E-state index in [2.05, 4.69) is 6.92 Å². The summed E-state index contributed by atoms with van der Waals surface area (Å²) in [6.45, 7) is 2.78. The van der Waals surface area contributed by atoms with E-state index in [1.165, 1.54) is 12.1 Å². The minimum absolute atomic E-state index is 0.0472. The van der Waals surface area contributed by atoms with Crippen molar-refractivity contribution < 1.29 is 19.1 Å². The Morgan fingerprint density at radius 2 is 1.92 bits per heavy atom. The van der Waals surface area contributed by atoms with Gasteiger partial charge in [-0.05, 0) is 54.2 Å². The van der Waals surface area contributed by atoms with Gasteiger partial charge < -0.3 is 10.0 Å². The van der Waals surface area contributed by atoms with E-state index in [1.807, 2.05) is 11.0 Å². The highest BCUT2D eigenvalue weighted by Gasteiger charge is 2.33. The number of nitrogens with zero attached hydrogens (tertiary/aromatic N) is 1. The van der Waals surface area contributed by atoms with Gasteiger partial charge in [0.25, 0.3) is 0 Å². The first-order chi connectivity index (χ1) is 12.4. The highest BCUT2D eigenvalue weighted by molar-refractivity contribution is 5.87. The minimum atomic E-state index is -0.961. The van der Waals surface area contributed by atoms with Crippen molar-refractivity contribution >= 4 is 11.9 Å². The number of likely N-dealkylation sites (tertiary alicyclic amines) is 1. The van der Waals surface area contributed by atoms with Crippen LogP contribution in [0, 0.1) is 11.7 Å². The quantitative estimate of drug-likeness (QED) is 0.880. The first kappa shape index (κ1) is 18.1. The van der Waals surface area contributed by atoms with Crippen molar-refractivity contribution in [2.75, 3.05) is 6.54 Å². The topological polar surface area (TPSA) is 57.6 Å². The van der Waals surface area contributed by atoms with Crippen LogP contribution in [0.15, 0.2) is 48.5 Å². The lowest BCUT2D eigenvalue weighted by atomic mass is 10.0. The lowest BCUT2D eigenvalue weighted by Crippen LogP contribution is -2.31. The van der Waals surface area contributed by atoms with Crippen LogP contribution in [0.3, 0.4) is 0 Å². The number of benzene rings is 2. The van der Waals surface area contributed by atoms with Crippen molar-refractivity contribution in [1.82, 2.24) is 4.90 Å². The molecule has 2 atom stereocenters. The van der Waals surface area contributed by atoms with Crippen molar-refractivity contribution in [3.8, 4) is 0 Å². The standard InChI is InChI=1S/C21H22FNO3/c1-14-11-19(17-3-2-4-18(22)12-17)23(13-14)20(24)10-7-15-5-8-16(9-6-15)21(25)26/h2-6,8-9,12,14,19H,7,10-11,13H2,1H3,(H,25,26). The third-order valence-electron chi connectivity index (χ3n) is 4.89. The lowest BCUT2D eigenvalue weighted by molar-refractivity contribution is -0.132. The Labute approximate surface area is 152 Å². The van der Waals surface area contributed by atoms with Gasteiger partial charge >= 0.3 is 5.97 Å². The molecule has 0 radical (unpaired) electrons. The lowest BCUT2D eigenvalue weighted by Gasteiger charge is -2.25. The van der Waals surface area contributed by atoms with Crippen LogP contribution in [0.4, 0.5) is 4.39 Å². The molecule has 0 aliphatic carbocycles. The molecule has 1 aliphatic heterocycles. The third-order valence-corrected chi connectivity index (χ3v) is 4.89. The average Bonchev–Trinajstić information content (AvgIpc) is 3.02. The van der Waals surface area contributed by atoms with Gasteiger partial charge in [-0.2, -0.15) is 0 Å². The number of hydrogen-bond donors (Lipinski definition) is 1. The molecule has 136 valence electrons. The van der Waals surface area contributed by atoms with Gasteiger partial charge in [0, 0.05) is 13.0 Å². The summed E-state index contributed by atoms with van der Waals surface area (Å²) < 4.78 is 13.6. The maximum Gasteiger partial charge on any atom is 0.335 e. The Hall–Kier alpha value is -2.69. The number of carbonyl (C=O) groups excluding carboxylic acids is 1. The smallest absolute Gasteiger partial charge is 0.335 e. The molecule has 0 spiro atoms. The SMILES string of the molecule is CC1CC(c2cccc(F)c2)N(C(=O)CCc2ccc(C(=O)O)cc2)C1. The van der Waals surface area contributed by atoms with Crippen molar-refractivity contribution in [2.24, 2.45) is 5.92 Å². The molecule has 2 unspecified atom stereocenters. The van der Waals surface area contributed by atoms with Crippen LogP contribution in [-0.4, -0.2) is 28.4 Å². The zero-order valence-corrected chi connectivity index (χ0v) is 14.7. The number of halogens is 1. The molecule has 26 heavy (non-hydrogen) atoms. The van der Waals surface area contributed by atoms with Gasteiger partial charge in [0.1, 0.15) is 5.82 Å². The Morgan fingerprint density at radius 1 is 1.19 bits per heavy atom. The molecule has 0 saturated carbocycles. The van der Waals surface area contributed by atoms with E-state index in [0.717, 1.165) is 17.5 Å². The average molecular weight is 355 g/mol. The number of carboxylic acids is 1. The van der Waals surface area contributed by atoms with Gasteiger partial charge in [-0.1, -0.05) is 31.2 Å². The first-order valence-electron chi connectivity index (χ1n) is 8.81. The van der Waals surface area contributed by atoms with Crippen molar-refractivity contribution in [1.29, 1.82) is 0 Å².